The maximum absolute atomic E-state index is 13.3. The molecular formula is C34H43ClF6N4O8. The van der Waals surface area contributed by atoms with E-state index in [1.165, 1.54) is 31.2 Å². The van der Waals surface area contributed by atoms with Crippen molar-refractivity contribution in [2.24, 2.45) is 0 Å². The minimum atomic E-state index is -5.08. The third-order valence-corrected chi connectivity index (χ3v) is 8.27. The molecule has 0 unspecified atom stereocenters. The molecule has 6 N–H and O–H groups in total. The maximum Gasteiger partial charge on any atom is 0.490 e. The van der Waals surface area contributed by atoms with Crippen LogP contribution in [0, 0.1) is 0 Å². The summed E-state index contributed by atoms with van der Waals surface area (Å²) in [5.41, 5.74) is 2.50. The lowest BCUT2D eigenvalue weighted by molar-refractivity contribution is -0.193. The standard InChI is InChI=1S/C30H41ClN4O4.2C2HF3O2/c31-24-10-7-22(8-11-24)13-16-32-18-15-28(38)35(25-5-3-1-2-4-6-25)20-19-33-17-14-23-9-12-26(36)29-30(23)39-21-27(37)34-29;2*3-2(4,5)1(6)7/h7-12,25,32-33,36H,1-6,13-21H2,(H,34,37);2*(H,6,7). The number of carbonyl (C=O) groups is 4. The summed E-state index contributed by atoms with van der Waals surface area (Å²) >= 11 is 5.96. The lowest BCUT2D eigenvalue weighted by atomic mass is 10.1. The molecule has 0 atom stereocenters. The summed E-state index contributed by atoms with van der Waals surface area (Å²) in [7, 11) is 0. The van der Waals surface area contributed by atoms with Crippen LogP contribution in [0.15, 0.2) is 36.4 Å². The molecule has 53 heavy (non-hydrogen) atoms. The third-order valence-electron chi connectivity index (χ3n) is 8.02. The van der Waals surface area contributed by atoms with Crippen LogP contribution in [0.2, 0.25) is 5.02 Å². The highest BCUT2D eigenvalue weighted by atomic mass is 35.5. The molecule has 4 rings (SSSR count). The maximum atomic E-state index is 13.3. The fourth-order valence-electron chi connectivity index (χ4n) is 5.39. The van der Waals surface area contributed by atoms with Gasteiger partial charge >= 0.3 is 24.3 Å². The molecule has 0 saturated heterocycles. The molecule has 1 heterocycles. The Hall–Kier alpha value is -4.29. The number of aliphatic carboxylic acids is 2. The molecule has 2 aromatic rings. The van der Waals surface area contributed by atoms with Crippen molar-refractivity contribution in [1.29, 1.82) is 0 Å². The molecule has 19 heteroatoms. The first kappa shape index (κ1) is 44.9. The average molecular weight is 785 g/mol. The molecule has 1 fully saturated rings. The Kier molecular flexibility index (Phi) is 18.7. The number of hydrogen-bond donors (Lipinski definition) is 6. The first-order valence-corrected chi connectivity index (χ1v) is 17.1. The summed E-state index contributed by atoms with van der Waals surface area (Å²) in [6.45, 7) is 3.55. The molecule has 1 aliphatic heterocycles. The van der Waals surface area contributed by atoms with Crippen molar-refractivity contribution in [1.82, 2.24) is 15.5 Å². The second-order valence-corrected chi connectivity index (χ2v) is 12.4. The Morgan fingerprint density at radius 1 is 0.830 bits per heavy atom. The number of fused-ring (bicyclic) bond motifs is 1. The number of halogens is 7. The fraction of sp³-hybridized carbons (Fsp3) is 0.529. The van der Waals surface area contributed by atoms with Crippen LogP contribution < -0.4 is 20.7 Å². The number of benzene rings is 2. The van der Waals surface area contributed by atoms with Gasteiger partial charge in [-0.05, 0) is 68.1 Å². The van der Waals surface area contributed by atoms with E-state index in [9.17, 15) is 41.0 Å². The fourth-order valence-corrected chi connectivity index (χ4v) is 5.51. The Labute approximate surface area is 306 Å². The summed E-state index contributed by atoms with van der Waals surface area (Å²) in [5, 5.41) is 34.6. The van der Waals surface area contributed by atoms with Gasteiger partial charge in [0.05, 0.1) is 0 Å². The number of ether oxygens (including phenoxy) is 1. The number of amides is 2. The molecule has 0 aromatic heterocycles. The lowest BCUT2D eigenvalue weighted by Gasteiger charge is -2.32. The molecular weight excluding hydrogens is 742 g/mol. The van der Waals surface area contributed by atoms with E-state index in [0.717, 1.165) is 36.4 Å². The predicted molar refractivity (Wildman–Crippen MR) is 182 cm³/mol. The number of nitrogens with one attached hydrogen (secondary N) is 3. The lowest BCUT2D eigenvalue weighted by Crippen LogP contribution is -2.45. The summed E-state index contributed by atoms with van der Waals surface area (Å²) in [5.74, 6) is -5.02. The summed E-state index contributed by atoms with van der Waals surface area (Å²) in [6.07, 6.45) is -1.04. The van der Waals surface area contributed by atoms with Crippen LogP contribution in [0.4, 0.5) is 32.0 Å². The smallest absolute Gasteiger partial charge is 0.490 e. The van der Waals surface area contributed by atoms with Crippen LogP contribution in [-0.4, -0.2) is 102 Å². The molecule has 0 spiro atoms. The van der Waals surface area contributed by atoms with Gasteiger partial charge in [0.1, 0.15) is 11.4 Å². The number of nitrogens with zero attached hydrogens (tertiary/aromatic N) is 1. The number of hydrogen-bond acceptors (Lipinski definition) is 8. The molecule has 2 aromatic carbocycles. The van der Waals surface area contributed by atoms with Crippen LogP contribution >= 0.6 is 11.6 Å². The molecule has 296 valence electrons. The third kappa shape index (κ3) is 16.9. The molecule has 1 aliphatic carbocycles. The zero-order chi connectivity index (χ0) is 39.6. The number of rotatable bonds is 13. The highest BCUT2D eigenvalue weighted by Gasteiger charge is 2.39. The van der Waals surface area contributed by atoms with Crippen molar-refractivity contribution in [3.8, 4) is 11.5 Å². The molecule has 2 amide bonds. The Morgan fingerprint density at radius 3 is 1.94 bits per heavy atom. The number of carboxylic acid groups (broad SMARTS) is 2. The first-order chi connectivity index (χ1) is 24.9. The van der Waals surface area contributed by atoms with Crippen LogP contribution in [0.1, 0.15) is 56.1 Å². The molecule has 12 nitrogen and oxygen atoms in total. The second-order valence-electron chi connectivity index (χ2n) is 12.0. The van der Waals surface area contributed by atoms with Crippen LogP contribution in [-0.2, 0) is 32.0 Å². The van der Waals surface area contributed by atoms with Gasteiger partial charge in [-0.2, -0.15) is 26.3 Å². The van der Waals surface area contributed by atoms with Crippen LogP contribution in [0.3, 0.4) is 0 Å². The van der Waals surface area contributed by atoms with Gasteiger partial charge in [-0.15, -0.1) is 0 Å². The molecule has 0 bridgehead atoms. The van der Waals surface area contributed by atoms with Crippen LogP contribution in [0.5, 0.6) is 11.5 Å². The first-order valence-electron chi connectivity index (χ1n) is 16.7. The van der Waals surface area contributed by atoms with Crippen molar-refractivity contribution in [3.05, 3.63) is 52.5 Å². The Balaban J connectivity index is 0.000000587. The van der Waals surface area contributed by atoms with Crippen molar-refractivity contribution in [2.75, 3.05) is 44.6 Å². The minimum absolute atomic E-state index is 0.00628. The van der Waals surface area contributed by atoms with Gasteiger partial charge in [-0.1, -0.05) is 55.5 Å². The minimum Gasteiger partial charge on any atom is -0.506 e. The number of anilines is 1. The SMILES string of the molecule is O=C(O)C(F)(F)F.O=C(O)C(F)(F)F.O=C1COc2c(CCNCCN(C(=O)CCNCCc3ccc(Cl)cc3)C3CCCCCC3)ccc(O)c2N1. The highest BCUT2D eigenvalue weighted by molar-refractivity contribution is 6.30. The monoisotopic (exact) mass is 784 g/mol. The van der Waals surface area contributed by atoms with Crippen molar-refractivity contribution in [2.45, 2.75) is 76.2 Å². The van der Waals surface area contributed by atoms with Crippen molar-refractivity contribution < 1.29 is 65.6 Å². The van der Waals surface area contributed by atoms with Gasteiger partial charge in [0, 0.05) is 37.1 Å². The summed E-state index contributed by atoms with van der Waals surface area (Å²) < 4.78 is 69.1. The van der Waals surface area contributed by atoms with E-state index in [2.05, 4.69) is 20.9 Å². The van der Waals surface area contributed by atoms with Gasteiger partial charge in [-0.3, -0.25) is 9.59 Å². The zero-order valence-electron chi connectivity index (χ0n) is 28.6. The Bertz CT molecular complexity index is 1460. The number of phenols is 1. The molecule has 1 saturated carbocycles. The van der Waals surface area contributed by atoms with Gasteiger partial charge in [0.2, 0.25) is 5.91 Å². The normalized spacial score (nSPS) is 14.5. The van der Waals surface area contributed by atoms with E-state index in [0.29, 0.717) is 56.5 Å². The second kappa shape index (κ2) is 22.0. The Morgan fingerprint density at radius 2 is 1.38 bits per heavy atom. The van der Waals surface area contributed by atoms with E-state index in [1.807, 2.05) is 30.3 Å². The van der Waals surface area contributed by atoms with E-state index in [1.54, 1.807) is 6.07 Å². The van der Waals surface area contributed by atoms with Crippen molar-refractivity contribution >= 4 is 41.0 Å². The van der Waals surface area contributed by atoms with E-state index >= 15 is 0 Å². The topological polar surface area (TPSA) is 178 Å². The number of alkyl halides is 6. The summed E-state index contributed by atoms with van der Waals surface area (Å²) in [6, 6.07) is 11.6. The van der Waals surface area contributed by atoms with Crippen LogP contribution in [0.25, 0.3) is 0 Å². The largest absolute Gasteiger partial charge is 0.506 e. The van der Waals surface area contributed by atoms with E-state index < -0.39 is 24.3 Å². The van der Waals surface area contributed by atoms with E-state index in [4.69, 9.17) is 36.1 Å². The number of carbonyl (C=O) groups excluding carboxylic acids is 2. The van der Waals surface area contributed by atoms with Gasteiger partial charge < -0.3 is 40.9 Å². The average Bonchev–Trinajstić information content (AvgIpc) is 3.37. The van der Waals surface area contributed by atoms with Gasteiger partial charge in [0.25, 0.3) is 5.91 Å². The van der Waals surface area contributed by atoms with Gasteiger partial charge in [-0.25, -0.2) is 9.59 Å². The number of carboxylic acids is 2. The highest BCUT2D eigenvalue weighted by Crippen LogP contribution is 2.39. The number of aromatic hydroxyl groups is 1. The van der Waals surface area contributed by atoms with Crippen molar-refractivity contribution in [3.63, 3.8) is 0 Å². The molecule has 0 radical (unpaired) electrons. The quantitative estimate of drug-likeness (QED) is 0.0654. The van der Waals surface area contributed by atoms with E-state index in [-0.39, 0.29) is 24.2 Å². The zero-order valence-corrected chi connectivity index (χ0v) is 29.4. The predicted octanol–water partition coefficient (Wildman–Crippen LogP) is 5.55. The van der Waals surface area contributed by atoms with Gasteiger partial charge in [0.15, 0.2) is 12.4 Å². The summed E-state index contributed by atoms with van der Waals surface area (Å²) in [4.78, 5) is 44.8. The number of phenolic OH excluding ortho intramolecular Hbond substituents is 1. The molecule has 2 aliphatic rings.